The fraction of sp³-hybridized carbons (Fsp3) is 0.391. The molecule has 2 amide bonds. The lowest BCUT2D eigenvalue weighted by molar-refractivity contribution is -0.121. The van der Waals surface area contributed by atoms with Crippen molar-refractivity contribution in [2.24, 2.45) is 0 Å². The topological polar surface area (TPSA) is 49.4 Å². The Bertz CT molecular complexity index is 732. The van der Waals surface area contributed by atoms with Gasteiger partial charge < -0.3 is 10.2 Å². The van der Waals surface area contributed by atoms with Crippen LogP contribution in [0.15, 0.2) is 54.6 Å². The number of nitrogens with one attached hydrogen (secondary N) is 1. The first-order valence-corrected chi connectivity index (χ1v) is 10.0. The number of anilines is 1. The number of hydrogen-bond donors (Lipinski definition) is 1. The Labute approximate surface area is 166 Å². The van der Waals surface area contributed by atoms with Gasteiger partial charge in [0.05, 0.1) is 0 Å². The van der Waals surface area contributed by atoms with E-state index in [9.17, 15) is 14.0 Å². The summed E-state index contributed by atoms with van der Waals surface area (Å²) in [5, 5.41) is 2.92. The van der Waals surface area contributed by atoms with Gasteiger partial charge in [0.2, 0.25) is 5.91 Å². The Morgan fingerprint density at radius 1 is 0.929 bits per heavy atom. The summed E-state index contributed by atoms with van der Waals surface area (Å²) in [5.74, 6) is -0.428. The standard InChI is InChI=1S/C23H29FN2O2/c1-2-3-4-8-12-22(27)25-17-9-18-26(21-15-13-20(24)14-16-21)23(28)19-10-6-5-7-11-19/h5-7,10-11,13-16H,2-4,8-9,12,17-18H2,1H3,(H,25,27). The smallest absolute Gasteiger partial charge is 0.258 e. The molecule has 0 saturated carbocycles. The van der Waals surface area contributed by atoms with Gasteiger partial charge in [0.25, 0.3) is 5.91 Å². The predicted octanol–water partition coefficient (Wildman–Crippen LogP) is 4.95. The zero-order valence-electron chi connectivity index (χ0n) is 16.5. The highest BCUT2D eigenvalue weighted by atomic mass is 19.1. The van der Waals surface area contributed by atoms with Crippen molar-refractivity contribution in [3.8, 4) is 0 Å². The van der Waals surface area contributed by atoms with Crippen molar-refractivity contribution in [2.75, 3.05) is 18.0 Å². The molecular weight excluding hydrogens is 355 g/mol. The molecule has 0 heterocycles. The van der Waals surface area contributed by atoms with Crippen LogP contribution in [0.25, 0.3) is 0 Å². The zero-order chi connectivity index (χ0) is 20.2. The summed E-state index contributed by atoms with van der Waals surface area (Å²) in [7, 11) is 0. The first kappa shape index (κ1) is 21.6. The summed E-state index contributed by atoms with van der Waals surface area (Å²) >= 11 is 0. The summed E-state index contributed by atoms with van der Waals surface area (Å²) in [6.07, 6.45) is 5.46. The SMILES string of the molecule is CCCCCCC(=O)NCCCN(C(=O)c1ccccc1)c1ccc(F)cc1. The lowest BCUT2D eigenvalue weighted by Crippen LogP contribution is -2.34. The minimum atomic E-state index is -0.341. The van der Waals surface area contributed by atoms with Crippen molar-refractivity contribution >= 4 is 17.5 Å². The maximum atomic E-state index is 13.3. The Morgan fingerprint density at radius 3 is 2.32 bits per heavy atom. The summed E-state index contributed by atoms with van der Waals surface area (Å²) < 4.78 is 13.3. The zero-order valence-corrected chi connectivity index (χ0v) is 16.5. The van der Waals surface area contributed by atoms with Crippen molar-refractivity contribution in [2.45, 2.75) is 45.4 Å². The first-order chi connectivity index (χ1) is 13.6. The van der Waals surface area contributed by atoms with E-state index in [1.54, 1.807) is 29.2 Å². The Hall–Kier alpha value is -2.69. The molecule has 150 valence electrons. The molecule has 0 radical (unpaired) electrons. The van der Waals surface area contributed by atoms with E-state index in [-0.39, 0.29) is 17.6 Å². The number of carbonyl (C=O) groups excluding carboxylic acids is 2. The normalized spacial score (nSPS) is 10.5. The minimum Gasteiger partial charge on any atom is -0.356 e. The second-order valence-electron chi connectivity index (χ2n) is 6.81. The molecule has 0 aliphatic heterocycles. The van der Waals surface area contributed by atoms with Gasteiger partial charge in [0.15, 0.2) is 0 Å². The second-order valence-corrected chi connectivity index (χ2v) is 6.81. The molecule has 4 nitrogen and oxygen atoms in total. The number of rotatable bonds is 11. The second kappa shape index (κ2) is 11.9. The number of amides is 2. The van der Waals surface area contributed by atoms with Gasteiger partial charge in [-0.3, -0.25) is 9.59 Å². The van der Waals surface area contributed by atoms with Crippen molar-refractivity contribution in [3.05, 3.63) is 66.0 Å². The van der Waals surface area contributed by atoms with E-state index in [1.165, 1.54) is 12.1 Å². The molecule has 0 fully saturated rings. The maximum absolute atomic E-state index is 13.3. The lowest BCUT2D eigenvalue weighted by Gasteiger charge is -2.23. The van der Waals surface area contributed by atoms with Crippen LogP contribution in [0.4, 0.5) is 10.1 Å². The van der Waals surface area contributed by atoms with Crippen LogP contribution >= 0.6 is 0 Å². The Kier molecular flexibility index (Phi) is 9.19. The van der Waals surface area contributed by atoms with E-state index in [0.29, 0.717) is 37.2 Å². The average Bonchev–Trinajstić information content (AvgIpc) is 2.72. The molecule has 2 aromatic rings. The third-order valence-corrected chi connectivity index (χ3v) is 4.54. The van der Waals surface area contributed by atoms with Gasteiger partial charge in [0.1, 0.15) is 5.82 Å². The molecule has 0 aliphatic rings. The largest absolute Gasteiger partial charge is 0.356 e. The molecule has 2 aromatic carbocycles. The fourth-order valence-electron chi connectivity index (χ4n) is 2.97. The van der Waals surface area contributed by atoms with Crippen LogP contribution in [0.5, 0.6) is 0 Å². The predicted molar refractivity (Wildman–Crippen MR) is 111 cm³/mol. The van der Waals surface area contributed by atoms with E-state index in [1.807, 2.05) is 18.2 Å². The van der Waals surface area contributed by atoms with Crippen molar-refractivity contribution in [1.29, 1.82) is 0 Å². The number of halogens is 1. The highest BCUT2D eigenvalue weighted by molar-refractivity contribution is 6.06. The first-order valence-electron chi connectivity index (χ1n) is 10.0. The van der Waals surface area contributed by atoms with Crippen LogP contribution in [-0.2, 0) is 4.79 Å². The molecule has 1 N–H and O–H groups in total. The lowest BCUT2D eigenvalue weighted by atomic mass is 10.1. The number of nitrogens with zero attached hydrogens (tertiary/aromatic N) is 1. The van der Waals surface area contributed by atoms with E-state index in [2.05, 4.69) is 12.2 Å². The molecule has 28 heavy (non-hydrogen) atoms. The third-order valence-electron chi connectivity index (χ3n) is 4.54. The van der Waals surface area contributed by atoms with Crippen molar-refractivity contribution < 1.29 is 14.0 Å². The van der Waals surface area contributed by atoms with Crippen LogP contribution in [-0.4, -0.2) is 24.9 Å². The van der Waals surface area contributed by atoms with Gasteiger partial charge in [-0.2, -0.15) is 0 Å². The van der Waals surface area contributed by atoms with E-state index in [4.69, 9.17) is 0 Å². The highest BCUT2D eigenvalue weighted by Crippen LogP contribution is 2.18. The molecule has 5 heteroatoms. The summed E-state index contributed by atoms with van der Waals surface area (Å²) in [6, 6.07) is 14.9. The molecule has 0 aliphatic carbocycles. The Balaban J connectivity index is 1.91. The van der Waals surface area contributed by atoms with Gasteiger partial charge in [-0.15, -0.1) is 0 Å². The van der Waals surface area contributed by atoms with Crippen molar-refractivity contribution in [3.63, 3.8) is 0 Å². The van der Waals surface area contributed by atoms with Crippen LogP contribution in [0.2, 0.25) is 0 Å². The van der Waals surface area contributed by atoms with Gasteiger partial charge in [-0.25, -0.2) is 4.39 Å². The quantitative estimate of drug-likeness (QED) is 0.557. The summed E-state index contributed by atoms with van der Waals surface area (Å²) in [4.78, 5) is 26.4. The van der Waals surface area contributed by atoms with Gasteiger partial charge in [-0.1, -0.05) is 44.4 Å². The Morgan fingerprint density at radius 2 is 1.64 bits per heavy atom. The average molecular weight is 384 g/mol. The van der Waals surface area contributed by atoms with Crippen LogP contribution in [0.1, 0.15) is 55.8 Å². The van der Waals surface area contributed by atoms with Crippen molar-refractivity contribution in [1.82, 2.24) is 5.32 Å². The number of unbranched alkanes of at least 4 members (excludes halogenated alkanes) is 3. The summed E-state index contributed by atoms with van der Waals surface area (Å²) in [6.45, 7) is 3.09. The van der Waals surface area contributed by atoms with Crippen LogP contribution in [0.3, 0.4) is 0 Å². The van der Waals surface area contributed by atoms with E-state index >= 15 is 0 Å². The number of carbonyl (C=O) groups is 2. The molecular formula is C23H29FN2O2. The molecule has 0 unspecified atom stereocenters. The van der Waals surface area contributed by atoms with Crippen LogP contribution in [0, 0.1) is 5.82 Å². The molecule has 0 atom stereocenters. The van der Waals surface area contributed by atoms with E-state index < -0.39 is 0 Å². The van der Waals surface area contributed by atoms with Crippen LogP contribution < -0.4 is 10.2 Å². The highest BCUT2D eigenvalue weighted by Gasteiger charge is 2.17. The maximum Gasteiger partial charge on any atom is 0.258 e. The fourth-order valence-corrected chi connectivity index (χ4v) is 2.97. The third kappa shape index (κ3) is 7.14. The molecule has 0 spiro atoms. The monoisotopic (exact) mass is 384 g/mol. The minimum absolute atomic E-state index is 0.0545. The molecule has 0 aromatic heterocycles. The molecule has 0 bridgehead atoms. The van der Waals surface area contributed by atoms with E-state index in [0.717, 1.165) is 25.7 Å². The number of hydrogen-bond acceptors (Lipinski definition) is 2. The van der Waals surface area contributed by atoms with Gasteiger partial charge in [0, 0.05) is 30.8 Å². The summed E-state index contributed by atoms with van der Waals surface area (Å²) in [5.41, 5.74) is 1.22. The van der Waals surface area contributed by atoms with Gasteiger partial charge >= 0.3 is 0 Å². The molecule has 0 saturated heterocycles. The van der Waals surface area contributed by atoms with Gasteiger partial charge in [-0.05, 0) is 49.2 Å². The number of benzene rings is 2. The molecule has 2 rings (SSSR count).